The Bertz CT molecular complexity index is 1560. The van der Waals surface area contributed by atoms with Gasteiger partial charge in [-0.15, -0.1) is 0 Å². The number of rotatable bonds is 2. The number of carbonyl (C=O) groups excluding carboxylic acids is 2. The van der Waals surface area contributed by atoms with Gasteiger partial charge in [0.25, 0.3) is 0 Å². The van der Waals surface area contributed by atoms with Gasteiger partial charge in [0, 0.05) is 55.6 Å². The van der Waals surface area contributed by atoms with E-state index in [0.717, 1.165) is 55.4 Å². The maximum Gasteiger partial charge on any atom is 0.410 e. The van der Waals surface area contributed by atoms with E-state index < -0.39 is 11.2 Å². The van der Waals surface area contributed by atoms with Gasteiger partial charge < -0.3 is 24.6 Å². The van der Waals surface area contributed by atoms with Gasteiger partial charge in [-0.1, -0.05) is 48.5 Å². The van der Waals surface area contributed by atoms with Crippen LogP contribution in [-0.2, 0) is 15.9 Å². The van der Waals surface area contributed by atoms with Crippen LogP contribution in [0.3, 0.4) is 0 Å². The molecule has 0 bridgehead atoms. The molecule has 2 aromatic carbocycles. The lowest BCUT2D eigenvalue weighted by Crippen LogP contribution is -2.41. The number of aryl methyl sites for hydroxylation is 1. The number of likely N-dealkylation sites (tertiary alicyclic amines) is 1. The highest BCUT2D eigenvalue weighted by molar-refractivity contribution is 5.91. The molecule has 0 atom stereocenters. The predicted octanol–water partition coefficient (Wildman–Crippen LogP) is 8.42. The number of anilines is 1. The standard InChI is InChI=1S/C19H28N2O2.C19H22N2O2/c2*1-19(2,3)23-18(22)21-12-9-14(10-13-21)16-8-4-6-15-7-5-11-20-17(15)16/h4,6,8,14,20H,5,7,9-13H2,1-3H3;4-9,11H,10,12-13H2,1-3H3. The molecule has 8 nitrogen and oxygen atoms in total. The highest BCUT2D eigenvalue weighted by Crippen LogP contribution is 2.37. The van der Waals surface area contributed by atoms with Crippen LogP contribution in [0.2, 0.25) is 0 Å². The number of hydrogen-bond acceptors (Lipinski definition) is 6. The monoisotopic (exact) mass is 626 g/mol. The average Bonchev–Trinajstić information content (AvgIpc) is 3.03. The van der Waals surface area contributed by atoms with Crippen LogP contribution in [-0.4, -0.2) is 70.9 Å². The van der Waals surface area contributed by atoms with Gasteiger partial charge in [0.1, 0.15) is 11.2 Å². The topological polar surface area (TPSA) is 84.0 Å². The first kappa shape index (κ1) is 33.3. The molecule has 2 amide bonds. The minimum Gasteiger partial charge on any atom is -0.444 e. The van der Waals surface area contributed by atoms with Gasteiger partial charge in [0.05, 0.1) is 5.52 Å². The van der Waals surface area contributed by atoms with Crippen molar-refractivity contribution in [2.45, 2.75) is 90.8 Å². The summed E-state index contributed by atoms with van der Waals surface area (Å²) >= 11 is 0. The number of hydrogen-bond donors (Lipinski definition) is 1. The van der Waals surface area contributed by atoms with Gasteiger partial charge in [-0.05, 0) is 102 Å². The van der Waals surface area contributed by atoms with Gasteiger partial charge in [-0.25, -0.2) is 9.59 Å². The molecule has 3 aliphatic heterocycles. The van der Waals surface area contributed by atoms with Crippen molar-refractivity contribution in [1.29, 1.82) is 0 Å². The highest BCUT2D eigenvalue weighted by Gasteiger charge is 2.29. The molecule has 8 heteroatoms. The quantitative estimate of drug-likeness (QED) is 0.308. The third-order valence-corrected chi connectivity index (χ3v) is 8.53. The summed E-state index contributed by atoms with van der Waals surface area (Å²) in [6.07, 6.45) is 8.73. The summed E-state index contributed by atoms with van der Waals surface area (Å²) in [6.45, 7) is 15.3. The number of carbonyl (C=O) groups is 2. The summed E-state index contributed by atoms with van der Waals surface area (Å²) in [4.78, 5) is 32.4. The Morgan fingerprint density at radius 1 is 0.826 bits per heavy atom. The van der Waals surface area contributed by atoms with Crippen LogP contribution in [0.5, 0.6) is 0 Å². The van der Waals surface area contributed by atoms with Crippen molar-refractivity contribution in [3.05, 3.63) is 77.5 Å². The zero-order valence-corrected chi connectivity index (χ0v) is 28.4. The smallest absolute Gasteiger partial charge is 0.410 e. The van der Waals surface area contributed by atoms with E-state index in [4.69, 9.17) is 9.47 Å². The SMILES string of the molecule is CC(C)(C)OC(=O)N1CC=C(c2cccc3cccnc23)CC1.CC(C)(C)OC(=O)N1CCC(c2cccc3c2NCCC3)CC1. The molecule has 3 aliphatic rings. The summed E-state index contributed by atoms with van der Waals surface area (Å²) < 4.78 is 10.9. The molecule has 1 fully saturated rings. The van der Waals surface area contributed by atoms with Crippen molar-refractivity contribution in [1.82, 2.24) is 14.8 Å². The first-order valence-electron chi connectivity index (χ1n) is 16.7. The van der Waals surface area contributed by atoms with E-state index in [1.807, 2.05) is 58.7 Å². The first-order chi connectivity index (χ1) is 21.9. The van der Waals surface area contributed by atoms with Crippen molar-refractivity contribution in [3.8, 4) is 0 Å². The van der Waals surface area contributed by atoms with Gasteiger partial charge in [0.2, 0.25) is 0 Å². The molecule has 46 heavy (non-hydrogen) atoms. The first-order valence-corrected chi connectivity index (χ1v) is 16.7. The maximum atomic E-state index is 12.2. The Labute approximate surface area is 274 Å². The Balaban J connectivity index is 0.000000181. The third kappa shape index (κ3) is 8.59. The van der Waals surface area contributed by atoms with Crippen molar-refractivity contribution < 1.29 is 19.1 Å². The molecule has 1 aromatic heterocycles. The molecular formula is C38H50N4O4. The number of amides is 2. The van der Waals surface area contributed by atoms with E-state index in [1.165, 1.54) is 35.2 Å². The van der Waals surface area contributed by atoms with E-state index in [0.29, 0.717) is 19.0 Å². The number of aromatic nitrogens is 1. The molecule has 0 aliphatic carbocycles. The molecule has 6 rings (SSSR count). The van der Waals surface area contributed by atoms with E-state index in [-0.39, 0.29) is 12.2 Å². The number of benzene rings is 2. The fourth-order valence-corrected chi connectivity index (χ4v) is 6.35. The molecule has 0 radical (unpaired) electrons. The summed E-state index contributed by atoms with van der Waals surface area (Å²) in [5.41, 5.74) is 6.79. The Kier molecular flexibility index (Phi) is 10.2. The number of fused-ring (bicyclic) bond motifs is 2. The second-order valence-electron chi connectivity index (χ2n) is 14.4. The predicted molar refractivity (Wildman–Crippen MR) is 185 cm³/mol. The maximum absolute atomic E-state index is 12.2. The van der Waals surface area contributed by atoms with Crippen LogP contribution >= 0.6 is 0 Å². The molecule has 0 spiro atoms. The summed E-state index contributed by atoms with van der Waals surface area (Å²) in [7, 11) is 0. The van der Waals surface area contributed by atoms with Crippen molar-refractivity contribution in [3.63, 3.8) is 0 Å². The van der Waals surface area contributed by atoms with Gasteiger partial charge in [0.15, 0.2) is 0 Å². The van der Waals surface area contributed by atoms with E-state index in [1.54, 1.807) is 4.90 Å². The third-order valence-electron chi connectivity index (χ3n) is 8.53. The lowest BCUT2D eigenvalue weighted by atomic mass is 9.85. The lowest BCUT2D eigenvalue weighted by molar-refractivity contribution is 0.0203. The van der Waals surface area contributed by atoms with Crippen LogP contribution in [0.4, 0.5) is 15.3 Å². The molecule has 3 aromatic rings. The van der Waals surface area contributed by atoms with Crippen molar-refractivity contribution in [2.24, 2.45) is 0 Å². The Morgan fingerprint density at radius 3 is 2.17 bits per heavy atom. The number of piperidine rings is 1. The van der Waals surface area contributed by atoms with Crippen LogP contribution in [0.1, 0.15) is 89.8 Å². The van der Waals surface area contributed by atoms with E-state index in [2.05, 4.69) is 58.8 Å². The van der Waals surface area contributed by atoms with Crippen LogP contribution in [0, 0.1) is 0 Å². The summed E-state index contributed by atoms with van der Waals surface area (Å²) in [6, 6.07) is 16.9. The second-order valence-corrected chi connectivity index (χ2v) is 14.4. The zero-order chi connectivity index (χ0) is 32.9. The number of pyridine rings is 1. The molecule has 246 valence electrons. The van der Waals surface area contributed by atoms with Gasteiger partial charge in [-0.3, -0.25) is 4.98 Å². The fourth-order valence-electron chi connectivity index (χ4n) is 6.35. The molecule has 1 saturated heterocycles. The largest absolute Gasteiger partial charge is 0.444 e. The lowest BCUT2D eigenvalue weighted by Gasteiger charge is -2.35. The van der Waals surface area contributed by atoms with Gasteiger partial charge >= 0.3 is 12.2 Å². The number of nitrogens with one attached hydrogen (secondary N) is 1. The van der Waals surface area contributed by atoms with Crippen molar-refractivity contribution >= 4 is 34.3 Å². The molecule has 1 N–H and O–H groups in total. The minimum atomic E-state index is -0.458. The zero-order valence-electron chi connectivity index (χ0n) is 28.4. The van der Waals surface area contributed by atoms with Crippen molar-refractivity contribution in [2.75, 3.05) is 38.0 Å². The second kappa shape index (κ2) is 14.1. The Hall–Kier alpha value is -4.07. The normalized spacial score (nSPS) is 17.2. The molecule has 4 heterocycles. The molecule has 0 saturated carbocycles. The summed E-state index contributed by atoms with van der Waals surface area (Å²) in [5, 5.41) is 4.73. The van der Waals surface area contributed by atoms with Gasteiger partial charge in [-0.2, -0.15) is 0 Å². The van der Waals surface area contributed by atoms with Crippen LogP contribution in [0.15, 0.2) is 60.8 Å². The Morgan fingerprint density at radius 2 is 1.50 bits per heavy atom. The summed E-state index contributed by atoms with van der Waals surface area (Å²) in [5.74, 6) is 0.536. The van der Waals surface area contributed by atoms with E-state index in [9.17, 15) is 9.59 Å². The fraction of sp³-hybridized carbons (Fsp3) is 0.500. The average molecular weight is 627 g/mol. The van der Waals surface area contributed by atoms with Crippen LogP contribution in [0.25, 0.3) is 16.5 Å². The molecule has 0 unspecified atom stereocenters. The number of ether oxygens (including phenoxy) is 2. The van der Waals surface area contributed by atoms with E-state index >= 15 is 0 Å². The number of para-hydroxylation sites is 2. The minimum absolute atomic E-state index is 0.177. The highest BCUT2D eigenvalue weighted by atomic mass is 16.6. The molecular weight excluding hydrogens is 576 g/mol. The van der Waals surface area contributed by atoms with Crippen LogP contribution < -0.4 is 5.32 Å². The number of nitrogens with zero attached hydrogens (tertiary/aromatic N) is 3.